The summed E-state index contributed by atoms with van der Waals surface area (Å²) in [5.41, 5.74) is 6.95. The molecule has 1 aliphatic rings. The largest absolute Gasteiger partial charge is 0.377 e. The molecular weight excluding hydrogens is 260 g/mol. The zero-order chi connectivity index (χ0) is 15.3. The van der Waals surface area contributed by atoms with Gasteiger partial charge in [0.15, 0.2) is 0 Å². The summed E-state index contributed by atoms with van der Waals surface area (Å²) in [6.45, 7) is 4.32. The van der Waals surface area contributed by atoms with Gasteiger partial charge in [0, 0.05) is 7.11 Å². The van der Waals surface area contributed by atoms with Crippen molar-refractivity contribution >= 4 is 0 Å². The lowest BCUT2D eigenvalue weighted by Crippen LogP contribution is -2.55. The molecule has 1 unspecified atom stereocenters. The first kappa shape index (κ1) is 16.5. The van der Waals surface area contributed by atoms with Gasteiger partial charge in [0.1, 0.15) is 0 Å². The summed E-state index contributed by atoms with van der Waals surface area (Å²) in [5.74, 6) is 5.90. The molecule has 0 bridgehead atoms. The van der Waals surface area contributed by atoms with Crippen LogP contribution in [0.1, 0.15) is 55.2 Å². The summed E-state index contributed by atoms with van der Waals surface area (Å²) in [6.07, 6.45) is 8.22. The van der Waals surface area contributed by atoms with Crippen LogP contribution in [0.15, 0.2) is 18.2 Å². The number of benzene rings is 1. The van der Waals surface area contributed by atoms with Gasteiger partial charge in [-0.15, -0.1) is 0 Å². The second-order valence-electron chi connectivity index (χ2n) is 6.53. The molecule has 3 heteroatoms. The van der Waals surface area contributed by atoms with Crippen molar-refractivity contribution in [2.24, 2.45) is 5.84 Å². The number of nitrogens with one attached hydrogen (secondary N) is 1. The minimum Gasteiger partial charge on any atom is -0.377 e. The van der Waals surface area contributed by atoms with Gasteiger partial charge in [-0.25, -0.2) is 0 Å². The maximum absolute atomic E-state index is 6.00. The van der Waals surface area contributed by atoms with Crippen LogP contribution in [0.2, 0.25) is 0 Å². The van der Waals surface area contributed by atoms with E-state index < -0.39 is 0 Å². The van der Waals surface area contributed by atoms with Gasteiger partial charge in [-0.2, -0.15) is 0 Å². The predicted octanol–water partition coefficient (Wildman–Crippen LogP) is 3.42. The highest BCUT2D eigenvalue weighted by atomic mass is 16.5. The molecule has 0 amide bonds. The molecule has 1 atom stereocenters. The Labute approximate surface area is 129 Å². The van der Waals surface area contributed by atoms with Crippen molar-refractivity contribution in [2.75, 3.05) is 7.11 Å². The molecule has 0 heterocycles. The minimum atomic E-state index is -0.121. The van der Waals surface area contributed by atoms with Crippen LogP contribution in [0, 0.1) is 13.8 Å². The highest BCUT2D eigenvalue weighted by Crippen LogP contribution is 2.34. The Hall–Kier alpha value is -0.900. The fraction of sp³-hybridized carbons (Fsp3) is 0.667. The Morgan fingerprint density at radius 2 is 1.81 bits per heavy atom. The summed E-state index contributed by atoms with van der Waals surface area (Å²) in [4.78, 5) is 0. The Kier molecular flexibility index (Phi) is 5.80. The highest BCUT2D eigenvalue weighted by molar-refractivity contribution is 5.30. The first-order valence-corrected chi connectivity index (χ1v) is 8.19. The van der Waals surface area contributed by atoms with Crippen LogP contribution < -0.4 is 11.3 Å². The van der Waals surface area contributed by atoms with Gasteiger partial charge in [0.2, 0.25) is 0 Å². The maximum atomic E-state index is 6.00. The van der Waals surface area contributed by atoms with Crippen molar-refractivity contribution in [3.05, 3.63) is 34.9 Å². The standard InChI is InChI=1S/C18H30N2O/c1-14-8-9-16(12-15(14)2)13-17(20-19)18(21-3)10-6-4-5-7-11-18/h8-9,12,17,20H,4-7,10-11,13,19H2,1-3H3. The number of aryl methyl sites for hydroxylation is 2. The van der Waals surface area contributed by atoms with Crippen LogP contribution in [0.4, 0.5) is 0 Å². The van der Waals surface area contributed by atoms with Gasteiger partial charge in [0.05, 0.1) is 11.6 Å². The van der Waals surface area contributed by atoms with Crippen LogP contribution in [-0.4, -0.2) is 18.8 Å². The molecule has 1 aliphatic carbocycles. The average molecular weight is 290 g/mol. The van der Waals surface area contributed by atoms with Crippen molar-refractivity contribution < 1.29 is 4.74 Å². The first-order valence-electron chi connectivity index (χ1n) is 8.19. The van der Waals surface area contributed by atoms with E-state index in [0.29, 0.717) is 0 Å². The van der Waals surface area contributed by atoms with Gasteiger partial charge in [-0.3, -0.25) is 11.3 Å². The zero-order valence-electron chi connectivity index (χ0n) is 13.7. The van der Waals surface area contributed by atoms with E-state index in [1.165, 1.54) is 42.4 Å². The van der Waals surface area contributed by atoms with Crippen molar-refractivity contribution in [3.8, 4) is 0 Å². The van der Waals surface area contributed by atoms with Crippen molar-refractivity contribution in [1.29, 1.82) is 0 Å². The summed E-state index contributed by atoms with van der Waals surface area (Å²) in [6, 6.07) is 6.86. The average Bonchev–Trinajstić information content (AvgIpc) is 2.74. The van der Waals surface area contributed by atoms with E-state index in [0.717, 1.165) is 19.3 Å². The molecule has 0 aliphatic heterocycles. The highest BCUT2D eigenvalue weighted by Gasteiger charge is 2.38. The molecule has 0 aromatic heterocycles. The van der Waals surface area contributed by atoms with Crippen molar-refractivity contribution in [3.63, 3.8) is 0 Å². The summed E-state index contributed by atoms with van der Waals surface area (Å²) >= 11 is 0. The number of hydrogen-bond donors (Lipinski definition) is 2. The molecule has 21 heavy (non-hydrogen) atoms. The minimum absolute atomic E-state index is 0.121. The summed E-state index contributed by atoms with van der Waals surface area (Å²) in [5, 5.41) is 0. The molecule has 0 saturated heterocycles. The van der Waals surface area contributed by atoms with Crippen LogP contribution in [0.25, 0.3) is 0 Å². The number of methoxy groups -OCH3 is 1. The molecule has 0 radical (unpaired) electrons. The third kappa shape index (κ3) is 3.85. The molecule has 1 saturated carbocycles. The van der Waals surface area contributed by atoms with Gasteiger partial charge in [-0.1, -0.05) is 43.9 Å². The fourth-order valence-corrected chi connectivity index (χ4v) is 3.58. The lowest BCUT2D eigenvalue weighted by molar-refractivity contribution is -0.0527. The Morgan fingerprint density at radius 1 is 1.14 bits per heavy atom. The third-order valence-corrected chi connectivity index (χ3v) is 5.20. The lowest BCUT2D eigenvalue weighted by Gasteiger charge is -2.39. The van der Waals surface area contributed by atoms with E-state index >= 15 is 0 Å². The topological polar surface area (TPSA) is 47.3 Å². The second-order valence-corrected chi connectivity index (χ2v) is 6.53. The van der Waals surface area contributed by atoms with Crippen LogP contribution in [0.5, 0.6) is 0 Å². The molecule has 1 aromatic carbocycles. The predicted molar refractivity (Wildman–Crippen MR) is 88.2 cm³/mol. The molecular formula is C18H30N2O. The number of hydrazine groups is 1. The van der Waals surface area contributed by atoms with Crippen LogP contribution >= 0.6 is 0 Å². The number of hydrogen-bond acceptors (Lipinski definition) is 3. The lowest BCUT2D eigenvalue weighted by atomic mass is 9.82. The smallest absolute Gasteiger partial charge is 0.0847 e. The number of ether oxygens (including phenoxy) is 1. The molecule has 1 aromatic rings. The zero-order valence-corrected chi connectivity index (χ0v) is 13.7. The molecule has 3 N–H and O–H groups in total. The van der Waals surface area contributed by atoms with E-state index in [4.69, 9.17) is 10.6 Å². The summed E-state index contributed by atoms with van der Waals surface area (Å²) in [7, 11) is 1.84. The molecule has 0 spiro atoms. The number of rotatable bonds is 5. The quantitative estimate of drug-likeness (QED) is 0.496. The monoisotopic (exact) mass is 290 g/mol. The fourth-order valence-electron chi connectivity index (χ4n) is 3.58. The SMILES string of the molecule is COC1(C(Cc2ccc(C)c(C)c2)NN)CCCCCC1. The Morgan fingerprint density at radius 3 is 2.33 bits per heavy atom. The van der Waals surface area contributed by atoms with E-state index in [2.05, 4.69) is 37.5 Å². The van der Waals surface area contributed by atoms with Crippen molar-refractivity contribution in [1.82, 2.24) is 5.43 Å². The number of nitrogens with two attached hydrogens (primary N) is 1. The summed E-state index contributed by atoms with van der Waals surface area (Å²) < 4.78 is 6.00. The first-order chi connectivity index (χ1) is 10.1. The maximum Gasteiger partial charge on any atom is 0.0847 e. The second kappa shape index (κ2) is 7.39. The van der Waals surface area contributed by atoms with Crippen molar-refractivity contribution in [2.45, 2.75) is 70.4 Å². The third-order valence-electron chi connectivity index (χ3n) is 5.20. The van der Waals surface area contributed by atoms with Crippen LogP contribution in [-0.2, 0) is 11.2 Å². The normalized spacial score (nSPS) is 20.0. The van der Waals surface area contributed by atoms with Crippen LogP contribution in [0.3, 0.4) is 0 Å². The molecule has 1 fully saturated rings. The van der Waals surface area contributed by atoms with Gasteiger partial charge >= 0.3 is 0 Å². The van der Waals surface area contributed by atoms with Gasteiger partial charge in [-0.05, 0) is 49.8 Å². The molecule has 3 nitrogen and oxygen atoms in total. The van der Waals surface area contributed by atoms with E-state index in [9.17, 15) is 0 Å². The Bertz CT molecular complexity index is 451. The van der Waals surface area contributed by atoms with E-state index in [-0.39, 0.29) is 11.6 Å². The van der Waals surface area contributed by atoms with E-state index in [1.807, 2.05) is 7.11 Å². The van der Waals surface area contributed by atoms with Gasteiger partial charge in [0.25, 0.3) is 0 Å². The Balaban J connectivity index is 2.18. The molecule has 118 valence electrons. The van der Waals surface area contributed by atoms with E-state index in [1.54, 1.807) is 0 Å². The van der Waals surface area contributed by atoms with Gasteiger partial charge < -0.3 is 4.74 Å². The molecule has 2 rings (SSSR count).